The van der Waals surface area contributed by atoms with E-state index in [4.69, 9.17) is 0 Å². The molecule has 0 fully saturated rings. The molecule has 0 unspecified atom stereocenters. The van der Waals surface area contributed by atoms with Crippen molar-refractivity contribution in [3.05, 3.63) is 120 Å². The van der Waals surface area contributed by atoms with Gasteiger partial charge in [0.1, 0.15) is 0 Å². The molecule has 0 aliphatic carbocycles. The van der Waals surface area contributed by atoms with Crippen LogP contribution in [-0.4, -0.2) is 4.57 Å². The first-order valence-corrected chi connectivity index (χ1v) is 11.4. The van der Waals surface area contributed by atoms with Gasteiger partial charge < -0.3 is 4.57 Å². The zero-order chi connectivity index (χ0) is 23.7. The summed E-state index contributed by atoms with van der Waals surface area (Å²) >= 11 is 0. The Morgan fingerprint density at radius 2 is 1.66 bits per heavy atom. The molecule has 2 aromatic rings. The highest BCUT2D eigenvalue weighted by Gasteiger charge is 2.18. The van der Waals surface area contributed by atoms with Crippen molar-refractivity contribution in [3.63, 3.8) is 0 Å². The molecule has 1 heterocycles. The van der Waals surface area contributed by atoms with Gasteiger partial charge in [-0.25, -0.2) is 0 Å². The second kappa shape index (κ2) is 11.9. The minimum absolute atomic E-state index is 1.01. The molecule has 1 aromatic heterocycles. The molecule has 0 amide bonds. The van der Waals surface area contributed by atoms with Gasteiger partial charge in [0, 0.05) is 22.6 Å². The lowest BCUT2D eigenvalue weighted by molar-refractivity contribution is 1.03. The summed E-state index contributed by atoms with van der Waals surface area (Å²) in [5, 5.41) is 0. The van der Waals surface area contributed by atoms with E-state index >= 15 is 0 Å². The molecule has 1 heteroatoms. The van der Waals surface area contributed by atoms with Gasteiger partial charge in [0.2, 0.25) is 0 Å². The quantitative estimate of drug-likeness (QED) is 0.355. The smallest absolute Gasteiger partial charge is 0.0494 e. The van der Waals surface area contributed by atoms with Gasteiger partial charge in [-0.1, -0.05) is 80.8 Å². The Bertz CT molecular complexity index is 1110. The third-order valence-electron chi connectivity index (χ3n) is 5.67. The molecule has 0 bridgehead atoms. The van der Waals surface area contributed by atoms with Crippen molar-refractivity contribution in [1.82, 2.24) is 4.57 Å². The van der Waals surface area contributed by atoms with Gasteiger partial charge in [-0.05, 0) is 87.1 Å². The van der Waals surface area contributed by atoms with Crippen molar-refractivity contribution >= 4 is 22.9 Å². The lowest BCUT2D eigenvalue weighted by Crippen LogP contribution is -2.00. The molecular formula is C31H37N. The number of aromatic nitrogens is 1. The van der Waals surface area contributed by atoms with E-state index in [2.05, 4.69) is 119 Å². The van der Waals surface area contributed by atoms with Crippen LogP contribution in [0.15, 0.2) is 86.0 Å². The van der Waals surface area contributed by atoms with E-state index in [0.29, 0.717) is 0 Å². The number of benzene rings is 1. The number of rotatable bonds is 9. The fraction of sp³-hybridized carbons (Fsp3) is 0.226. The summed E-state index contributed by atoms with van der Waals surface area (Å²) in [6, 6.07) is 8.81. The van der Waals surface area contributed by atoms with Gasteiger partial charge in [-0.15, -0.1) is 0 Å². The van der Waals surface area contributed by atoms with Crippen molar-refractivity contribution in [3.8, 4) is 0 Å². The van der Waals surface area contributed by atoms with Gasteiger partial charge in [0.15, 0.2) is 0 Å². The second-order valence-electron chi connectivity index (χ2n) is 7.79. The Labute approximate surface area is 195 Å². The van der Waals surface area contributed by atoms with Crippen LogP contribution >= 0.6 is 0 Å². The van der Waals surface area contributed by atoms with Crippen molar-refractivity contribution in [2.45, 2.75) is 48.0 Å². The third-order valence-corrected chi connectivity index (χ3v) is 5.67. The Hall–Kier alpha value is -3.32. The fourth-order valence-corrected chi connectivity index (χ4v) is 4.09. The lowest BCUT2D eigenvalue weighted by Gasteiger charge is -2.12. The predicted octanol–water partition coefficient (Wildman–Crippen LogP) is 8.98. The fourth-order valence-electron chi connectivity index (χ4n) is 4.09. The van der Waals surface area contributed by atoms with Crippen LogP contribution in [0.4, 0.5) is 0 Å². The lowest BCUT2D eigenvalue weighted by atomic mass is 9.96. The molecule has 1 nitrogen and oxygen atoms in total. The molecule has 0 N–H and O–H groups in total. The molecular weight excluding hydrogens is 386 g/mol. The first-order chi connectivity index (χ1) is 15.4. The molecule has 0 aliphatic rings. The van der Waals surface area contributed by atoms with E-state index in [1.165, 1.54) is 27.9 Å². The Kier molecular flexibility index (Phi) is 9.28. The highest BCUT2D eigenvalue weighted by Crippen LogP contribution is 2.34. The Morgan fingerprint density at radius 3 is 2.19 bits per heavy atom. The largest absolute Gasteiger partial charge is 0.314 e. The van der Waals surface area contributed by atoms with Crippen LogP contribution in [0, 0.1) is 13.8 Å². The van der Waals surface area contributed by atoms with Crippen LogP contribution in [0.1, 0.15) is 61.3 Å². The molecule has 166 valence electrons. The van der Waals surface area contributed by atoms with Crippen LogP contribution in [0.25, 0.3) is 22.9 Å². The van der Waals surface area contributed by atoms with E-state index in [1.54, 1.807) is 0 Å². The van der Waals surface area contributed by atoms with E-state index in [-0.39, 0.29) is 0 Å². The van der Waals surface area contributed by atoms with Gasteiger partial charge in [-0.3, -0.25) is 0 Å². The summed E-state index contributed by atoms with van der Waals surface area (Å²) in [4.78, 5) is 0. The SMILES string of the molecule is C=C/C=C\c1c(C)c(C(=C)/C=C(\C=C/C)c2ccc(CC)cc2)c(C)n1C(/C=C\C)=C/C. The number of hydrogen-bond donors (Lipinski definition) is 0. The summed E-state index contributed by atoms with van der Waals surface area (Å²) in [5.74, 6) is 0. The first-order valence-electron chi connectivity index (χ1n) is 11.4. The Balaban J connectivity index is 2.68. The van der Waals surface area contributed by atoms with Gasteiger partial charge in [-0.2, -0.15) is 0 Å². The topological polar surface area (TPSA) is 4.93 Å². The molecule has 0 atom stereocenters. The molecule has 0 saturated heterocycles. The van der Waals surface area contributed by atoms with E-state index in [1.807, 2.05) is 19.1 Å². The first kappa shape index (κ1) is 24.9. The highest BCUT2D eigenvalue weighted by molar-refractivity contribution is 5.89. The van der Waals surface area contributed by atoms with Gasteiger partial charge >= 0.3 is 0 Å². The Morgan fingerprint density at radius 1 is 1.00 bits per heavy atom. The van der Waals surface area contributed by atoms with Crippen LogP contribution in [0.3, 0.4) is 0 Å². The normalized spacial score (nSPS) is 13.1. The molecule has 32 heavy (non-hydrogen) atoms. The summed E-state index contributed by atoms with van der Waals surface area (Å²) in [6.07, 6.45) is 19.8. The molecule has 2 rings (SSSR count). The van der Waals surface area contributed by atoms with E-state index < -0.39 is 0 Å². The molecule has 0 spiro atoms. The minimum Gasteiger partial charge on any atom is -0.314 e. The van der Waals surface area contributed by atoms with Gasteiger partial charge in [0.05, 0.1) is 0 Å². The third kappa shape index (κ3) is 5.48. The molecule has 1 aromatic carbocycles. The average molecular weight is 424 g/mol. The van der Waals surface area contributed by atoms with Crippen molar-refractivity contribution in [1.29, 1.82) is 0 Å². The van der Waals surface area contributed by atoms with Crippen LogP contribution < -0.4 is 0 Å². The van der Waals surface area contributed by atoms with Crippen LogP contribution in [-0.2, 0) is 6.42 Å². The van der Waals surface area contributed by atoms with Crippen LogP contribution in [0.5, 0.6) is 0 Å². The van der Waals surface area contributed by atoms with E-state index in [0.717, 1.165) is 29.0 Å². The van der Waals surface area contributed by atoms with Gasteiger partial charge in [0.25, 0.3) is 0 Å². The summed E-state index contributed by atoms with van der Waals surface area (Å²) < 4.78 is 2.30. The summed E-state index contributed by atoms with van der Waals surface area (Å²) in [7, 11) is 0. The minimum atomic E-state index is 1.01. The predicted molar refractivity (Wildman–Crippen MR) is 146 cm³/mol. The summed E-state index contributed by atoms with van der Waals surface area (Å²) in [5.41, 5.74) is 10.6. The van der Waals surface area contributed by atoms with Crippen molar-refractivity contribution in [2.75, 3.05) is 0 Å². The van der Waals surface area contributed by atoms with Crippen molar-refractivity contribution < 1.29 is 0 Å². The second-order valence-corrected chi connectivity index (χ2v) is 7.79. The zero-order valence-electron chi connectivity index (χ0n) is 20.6. The number of hydrogen-bond acceptors (Lipinski definition) is 0. The van der Waals surface area contributed by atoms with Crippen LogP contribution in [0.2, 0.25) is 0 Å². The zero-order valence-corrected chi connectivity index (χ0v) is 20.6. The molecule has 0 saturated carbocycles. The van der Waals surface area contributed by atoms with E-state index in [9.17, 15) is 0 Å². The average Bonchev–Trinajstić information content (AvgIpc) is 3.04. The van der Waals surface area contributed by atoms with Crippen molar-refractivity contribution in [2.24, 2.45) is 0 Å². The maximum Gasteiger partial charge on any atom is 0.0494 e. The molecule has 0 aliphatic heterocycles. The maximum atomic E-state index is 4.49. The maximum absolute atomic E-state index is 4.49. The highest BCUT2D eigenvalue weighted by atomic mass is 15.0. The summed E-state index contributed by atoms with van der Waals surface area (Å²) in [6.45, 7) is 21.0. The standard InChI is InChI=1S/C31H37N/c1-9-14-17-30-24(7)31(25(8)32(30)29(13-5)16-11-3)23(6)22-28(15-10-2)27-20-18-26(12-4)19-21-27/h9-11,13-22H,1,6,12H2,2-5,7-8H3/b15-10-,16-11-,17-14-,28-22+,29-13+. The number of allylic oxidation sites excluding steroid dienone is 11. The number of nitrogens with zero attached hydrogens (tertiary/aromatic N) is 1. The molecule has 0 radical (unpaired) electrons. The number of aryl methyl sites for hydroxylation is 1. The monoisotopic (exact) mass is 423 g/mol.